The fraction of sp³-hybridized carbons (Fsp3) is 0.857. The van der Waals surface area contributed by atoms with Gasteiger partial charge in [0.15, 0.2) is 0 Å². The van der Waals surface area contributed by atoms with Crippen molar-refractivity contribution >= 4 is 23.6 Å². The molecule has 0 bridgehead atoms. The van der Waals surface area contributed by atoms with Crippen LogP contribution in [0.4, 0.5) is 0 Å². The number of piperazine rings is 1. The van der Waals surface area contributed by atoms with E-state index in [0.29, 0.717) is 18.3 Å². The molecule has 0 aromatic carbocycles. The summed E-state index contributed by atoms with van der Waals surface area (Å²) in [6.07, 6.45) is 2.49. The summed E-state index contributed by atoms with van der Waals surface area (Å²) in [5.74, 6) is 1.68. The van der Waals surface area contributed by atoms with Crippen molar-refractivity contribution in [2.45, 2.75) is 45.2 Å². The highest BCUT2D eigenvalue weighted by Gasteiger charge is 2.37. The van der Waals surface area contributed by atoms with Crippen molar-refractivity contribution in [2.75, 3.05) is 31.3 Å². The molecule has 20 heavy (non-hydrogen) atoms. The van der Waals surface area contributed by atoms with E-state index in [1.807, 2.05) is 4.90 Å². The van der Waals surface area contributed by atoms with E-state index in [1.165, 1.54) is 0 Å². The number of nitrogens with zero attached hydrogens (tertiary/aromatic N) is 2. The Morgan fingerprint density at radius 3 is 2.90 bits per heavy atom. The third kappa shape index (κ3) is 3.67. The maximum atomic E-state index is 12.6. The second kappa shape index (κ2) is 7.31. The molecule has 2 unspecified atom stereocenters. The molecule has 2 aliphatic rings. The number of carbonyl (C=O) groups excluding carboxylic acids is 2. The maximum Gasteiger partial charge on any atom is 0.246 e. The zero-order chi connectivity index (χ0) is 14.5. The van der Waals surface area contributed by atoms with Crippen LogP contribution in [-0.4, -0.2) is 65.0 Å². The van der Waals surface area contributed by atoms with Crippen LogP contribution in [0, 0.1) is 0 Å². The van der Waals surface area contributed by atoms with Gasteiger partial charge in [0.2, 0.25) is 11.8 Å². The molecule has 2 atom stereocenters. The van der Waals surface area contributed by atoms with Crippen LogP contribution in [0.5, 0.6) is 0 Å². The molecule has 0 spiro atoms. The van der Waals surface area contributed by atoms with Crippen molar-refractivity contribution in [3.8, 4) is 0 Å². The molecule has 0 saturated carbocycles. The van der Waals surface area contributed by atoms with Gasteiger partial charge in [-0.3, -0.25) is 9.59 Å². The number of thioether (sulfide) groups is 1. The average Bonchev–Trinajstić information content (AvgIpc) is 2.93. The van der Waals surface area contributed by atoms with Crippen molar-refractivity contribution in [2.24, 2.45) is 0 Å². The Labute approximate surface area is 125 Å². The lowest BCUT2D eigenvalue weighted by atomic mass is 10.1. The van der Waals surface area contributed by atoms with Gasteiger partial charge in [-0.05, 0) is 13.3 Å². The van der Waals surface area contributed by atoms with E-state index in [1.54, 1.807) is 16.7 Å². The Hall–Kier alpha value is -0.750. The number of nitrogens with one attached hydrogen (secondary N) is 1. The van der Waals surface area contributed by atoms with Crippen LogP contribution in [0.15, 0.2) is 0 Å². The molecule has 2 heterocycles. The van der Waals surface area contributed by atoms with Crippen molar-refractivity contribution in [3.05, 3.63) is 0 Å². The second-order valence-electron chi connectivity index (χ2n) is 5.62. The smallest absolute Gasteiger partial charge is 0.246 e. The Kier molecular flexibility index (Phi) is 5.72. The number of carbonyl (C=O) groups is 2. The molecule has 5 nitrogen and oxygen atoms in total. The summed E-state index contributed by atoms with van der Waals surface area (Å²) in [6.45, 7) is 6.51. The standard InChI is InChI=1S/C14H25N3O2S/c1-3-4-5-13(18)17-10-20-9-12(17)14(19)16-7-6-15-11(2)8-16/h11-12,15H,3-10H2,1-2H3. The Morgan fingerprint density at radius 2 is 2.20 bits per heavy atom. The van der Waals surface area contributed by atoms with Crippen LogP contribution in [0.2, 0.25) is 0 Å². The van der Waals surface area contributed by atoms with E-state index < -0.39 is 0 Å². The van der Waals surface area contributed by atoms with Gasteiger partial charge in [0.05, 0.1) is 5.88 Å². The maximum absolute atomic E-state index is 12.6. The molecule has 2 saturated heterocycles. The van der Waals surface area contributed by atoms with E-state index >= 15 is 0 Å². The minimum Gasteiger partial charge on any atom is -0.338 e. The SMILES string of the molecule is CCCCC(=O)N1CSCC1C(=O)N1CCNC(C)C1. The van der Waals surface area contributed by atoms with Crippen LogP contribution < -0.4 is 5.32 Å². The lowest BCUT2D eigenvalue weighted by Gasteiger charge is -2.35. The first-order valence-corrected chi connectivity index (χ1v) is 8.68. The van der Waals surface area contributed by atoms with E-state index in [-0.39, 0.29) is 17.9 Å². The lowest BCUT2D eigenvalue weighted by molar-refractivity contribution is -0.144. The Balaban J connectivity index is 1.95. The van der Waals surface area contributed by atoms with Crippen LogP contribution in [-0.2, 0) is 9.59 Å². The molecule has 2 rings (SSSR count). The minimum absolute atomic E-state index is 0.133. The largest absolute Gasteiger partial charge is 0.338 e. The summed E-state index contributed by atoms with van der Waals surface area (Å²) >= 11 is 1.69. The minimum atomic E-state index is -0.241. The first-order valence-electron chi connectivity index (χ1n) is 7.53. The molecule has 2 amide bonds. The quantitative estimate of drug-likeness (QED) is 0.838. The highest BCUT2D eigenvalue weighted by molar-refractivity contribution is 7.99. The molecule has 2 aliphatic heterocycles. The van der Waals surface area contributed by atoms with Gasteiger partial charge in [-0.25, -0.2) is 0 Å². The van der Waals surface area contributed by atoms with Gasteiger partial charge in [-0.2, -0.15) is 0 Å². The molecule has 0 aliphatic carbocycles. The number of unbranched alkanes of at least 4 members (excludes halogenated alkanes) is 1. The van der Waals surface area contributed by atoms with Crippen LogP contribution in [0.25, 0.3) is 0 Å². The van der Waals surface area contributed by atoms with Crippen molar-refractivity contribution in [1.29, 1.82) is 0 Å². The highest BCUT2D eigenvalue weighted by atomic mass is 32.2. The fourth-order valence-corrected chi connectivity index (χ4v) is 3.88. The van der Waals surface area contributed by atoms with E-state index in [0.717, 1.165) is 38.2 Å². The van der Waals surface area contributed by atoms with Crippen LogP contribution >= 0.6 is 11.8 Å². The normalized spacial score (nSPS) is 26.9. The van der Waals surface area contributed by atoms with Crippen LogP contribution in [0.3, 0.4) is 0 Å². The van der Waals surface area contributed by atoms with Gasteiger partial charge in [0.1, 0.15) is 6.04 Å². The van der Waals surface area contributed by atoms with Gasteiger partial charge < -0.3 is 15.1 Å². The Morgan fingerprint density at radius 1 is 1.40 bits per heavy atom. The molecule has 2 fully saturated rings. The zero-order valence-electron chi connectivity index (χ0n) is 12.4. The lowest BCUT2D eigenvalue weighted by Crippen LogP contribution is -2.56. The number of rotatable bonds is 4. The number of amides is 2. The predicted octanol–water partition coefficient (Wildman–Crippen LogP) is 0.898. The molecular weight excluding hydrogens is 274 g/mol. The van der Waals surface area contributed by atoms with Gasteiger partial charge in [-0.1, -0.05) is 13.3 Å². The van der Waals surface area contributed by atoms with Crippen LogP contribution in [0.1, 0.15) is 33.1 Å². The van der Waals surface area contributed by atoms with E-state index in [9.17, 15) is 9.59 Å². The first kappa shape index (κ1) is 15.6. The molecule has 6 heteroatoms. The zero-order valence-corrected chi connectivity index (χ0v) is 13.2. The second-order valence-corrected chi connectivity index (χ2v) is 6.62. The van der Waals surface area contributed by atoms with Gasteiger partial charge in [0.25, 0.3) is 0 Å². The number of hydrogen-bond acceptors (Lipinski definition) is 4. The molecular formula is C14H25N3O2S. The summed E-state index contributed by atoms with van der Waals surface area (Å²) < 4.78 is 0. The highest BCUT2D eigenvalue weighted by Crippen LogP contribution is 2.24. The first-order chi connectivity index (χ1) is 9.63. The molecule has 0 radical (unpaired) electrons. The topological polar surface area (TPSA) is 52.7 Å². The van der Waals surface area contributed by atoms with Crippen molar-refractivity contribution in [3.63, 3.8) is 0 Å². The third-order valence-electron chi connectivity index (χ3n) is 3.91. The van der Waals surface area contributed by atoms with Gasteiger partial charge >= 0.3 is 0 Å². The molecule has 0 aromatic rings. The summed E-state index contributed by atoms with van der Waals surface area (Å²) in [4.78, 5) is 28.5. The molecule has 114 valence electrons. The van der Waals surface area contributed by atoms with Gasteiger partial charge in [0, 0.05) is 37.8 Å². The molecule has 0 aromatic heterocycles. The summed E-state index contributed by atoms with van der Waals surface area (Å²) in [5.41, 5.74) is 0. The summed E-state index contributed by atoms with van der Waals surface area (Å²) in [6, 6.07) is 0.0978. The summed E-state index contributed by atoms with van der Waals surface area (Å²) in [5, 5.41) is 3.34. The molecule has 1 N–H and O–H groups in total. The predicted molar refractivity (Wildman–Crippen MR) is 81.5 cm³/mol. The third-order valence-corrected chi connectivity index (χ3v) is 4.92. The average molecular weight is 299 g/mol. The number of hydrogen-bond donors (Lipinski definition) is 1. The van der Waals surface area contributed by atoms with E-state index in [4.69, 9.17) is 0 Å². The monoisotopic (exact) mass is 299 g/mol. The van der Waals surface area contributed by atoms with Crippen molar-refractivity contribution < 1.29 is 9.59 Å². The van der Waals surface area contributed by atoms with E-state index in [2.05, 4.69) is 19.2 Å². The Bertz CT molecular complexity index is 364. The fourth-order valence-electron chi connectivity index (χ4n) is 2.71. The van der Waals surface area contributed by atoms with Crippen molar-refractivity contribution in [1.82, 2.24) is 15.1 Å². The summed E-state index contributed by atoms with van der Waals surface area (Å²) in [7, 11) is 0. The van der Waals surface area contributed by atoms with Gasteiger partial charge in [-0.15, -0.1) is 11.8 Å².